The minimum Gasteiger partial charge on any atom is -0.461 e. The summed E-state index contributed by atoms with van der Waals surface area (Å²) in [7, 11) is 0. The van der Waals surface area contributed by atoms with Crippen molar-refractivity contribution in [1.29, 1.82) is 0 Å². The predicted octanol–water partition coefficient (Wildman–Crippen LogP) is 5.67. The van der Waals surface area contributed by atoms with Crippen LogP contribution in [0, 0.1) is 11.2 Å². The Labute approximate surface area is 241 Å². The number of ether oxygens (including phenoxy) is 1. The first-order chi connectivity index (χ1) is 20.3. The van der Waals surface area contributed by atoms with E-state index in [0.717, 1.165) is 5.56 Å². The van der Waals surface area contributed by atoms with E-state index in [2.05, 4.69) is 25.5 Å². The van der Waals surface area contributed by atoms with Crippen molar-refractivity contribution in [3.05, 3.63) is 102 Å². The van der Waals surface area contributed by atoms with E-state index in [1.54, 1.807) is 48.0 Å². The van der Waals surface area contributed by atoms with Gasteiger partial charge in [-0.05, 0) is 30.2 Å². The van der Waals surface area contributed by atoms with Crippen LogP contribution in [0.15, 0.2) is 89.8 Å². The molecule has 1 unspecified atom stereocenters. The first-order valence-corrected chi connectivity index (χ1v) is 13.4. The van der Waals surface area contributed by atoms with Gasteiger partial charge in [0.1, 0.15) is 35.9 Å². The van der Waals surface area contributed by atoms with Crippen molar-refractivity contribution in [2.45, 2.75) is 39.8 Å². The quantitative estimate of drug-likeness (QED) is 0.202. The second kappa shape index (κ2) is 12.5. The number of halogens is 1. The van der Waals surface area contributed by atoms with Crippen molar-refractivity contribution < 1.29 is 23.2 Å². The molecule has 0 aliphatic rings. The van der Waals surface area contributed by atoms with Crippen molar-refractivity contribution in [2.75, 3.05) is 5.32 Å². The van der Waals surface area contributed by atoms with Gasteiger partial charge in [-0.3, -0.25) is 14.3 Å². The molecule has 11 heteroatoms. The zero-order valence-electron chi connectivity index (χ0n) is 23.2. The van der Waals surface area contributed by atoms with Crippen LogP contribution in [0.1, 0.15) is 37.8 Å². The zero-order chi connectivity index (χ0) is 29.5. The van der Waals surface area contributed by atoms with Gasteiger partial charge in [0, 0.05) is 17.8 Å². The van der Waals surface area contributed by atoms with Gasteiger partial charge in [-0.25, -0.2) is 14.4 Å². The van der Waals surface area contributed by atoms with Crippen LogP contribution in [0.25, 0.3) is 22.9 Å². The number of aromatic nitrogens is 5. The number of hydrogen-bond acceptors (Lipinski definition) is 8. The summed E-state index contributed by atoms with van der Waals surface area (Å²) in [6.07, 6.45) is 3.24. The molecule has 0 saturated heterocycles. The molecular formula is C31H29FN6O4. The average molecular weight is 569 g/mol. The third kappa shape index (κ3) is 6.57. The van der Waals surface area contributed by atoms with Crippen LogP contribution in [0.3, 0.4) is 0 Å². The summed E-state index contributed by atoms with van der Waals surface area (Å²) in [5, 5.41) is 11.4. The summed E-state index contributed by atoms with van der Waals surface area (Å²) in [6.45, 7) is 3.82. The van der Waals surface area contributed by atoms with Gasteiger partial charge in [-0.2, -0.15) is 5.10 Å². The van der Waals surface area contributed by atoms with Gasteiger partial charge in [0.05, 0.1) is 24.1 Å². The number of esters is 1. The van der Waals surface area contributed by atoms with Crippen molar-refractivity contribution >= 4 is 17.7 Å². The van der Waals surface area contributed by atoms with Gasteiger partial charge in [0.25, 0.3) is 0 Å². The summed E-state index contributed by atoms with van der Waals surface area (Å²) >= 11 is 0. The van der Waals surface area contributed by atoms with E-state index in [1.165, 1.54) is 18.5 Å². The van der Waals surface area contributed by atoms with Crippen LogP contribution in [-0.2, 0) is 27.5 Å². The summed E-state index contributed by atoms with van der Waals surface area (Å²) in [5.74, 6) is -0.717. The van der Waals surface area contributed by atoms with Gasteiger partial charge < -0.3 is 14.6 Å². The van der Waals surface area contributed by atoms with Crippen LogP contribution >= 0.6 is 0 Å². The summed E-state index contributed by atoms with van der Waals surface area (Å²) < 4.78 is 26.4. The Morgan fingerprint density at radius 3 is 2.57 bits per heavy atom. The van der Waals surface area contributed by atoms with E-state index in [0.29, 0.717) is 29.1 Å². The molecule has 0 fully saturated rings. The molecule has 0 aliphatic heterocycles. The lowest BCUT2D eigenvalue weighted by atomic mass is 9.83. The molecule has 214 valence electrons. The maximum absolute atomic E-state index is 14.4. The number of benzene rings is 2. The number of anilines is 1. The lowest BCUT2D eigenvalue weighted by Gasteiger charge is -2.25. The average Bonchev–Trinajstić information content (AvgIpc) is 3.68. The Balaban J connectivity index is 1.33. The highest BCUT2D eigenvalue weighted by atomic mass is 19.1. The molecule has 0 bridgehead atoms. The first-order valence-electron chi connectivity index (χ1n) is 13.4. The second-order valence-corrected chi connectivity index (χ2v) is 10.0. The monoisotopic (exact) mass is 568 g/mol. The van der Waals surface area contributed by atoms with Gasteiger partial charge in [0.15, 0.2) is 5.82 Å². The fraction of sp³-hybridized carbons (Fsp3) is 0.226. The zero-order valence-corrected chi connectivity index (χ0v) is 23.2. The van der Waals surface area contributed by atoms with E-state index < -0.39 is 11.4 Å². The molecule has 0 aliphatic carbocycles. The van der Waals surface area contributed by atoms with Crippen LogP contribution in [0.4, 0.5) is 10.2 Å². The molecule has 0 spiro atoms. The Morgan fingerprint density at radius 2 is 1.83 bits per heavy atom. The molecule has 42 heavy (non-hydrogen) atoms. The smallest absolute Gasteiger partial charge is 0.307 e. The third-order valence-electron chi connectivity index (χ3n) is 6.99. The molecular weight excluding hydrogens is 539 g/mol. The molecule has 3 heterocycles. The highest BCUT2D eigenvalue weighted by Crippen LogP contribution is 2.29. The number of amides is 1. The molecule has 1 amide bonds. The predicted molar refractivity (Wildman–Crippen MR) is 152 cm³/mol. The third-order valence-corrected chi connectivity index (χ3v) is 6.99. The number of carbonyl (C=O) groups is 2. The van der Waals surface area contributed by atoms with E-state index in [1.807, 2.05) is 37.3 Å². The summed E-state index contributed by atoms with van der Waals surface area (Å²) in [6, 6.07) is 20.7. The number of rotatable bonds is 11. The normalized spacial score (nSPS) is 12.5. The summed E-state index contributed by atoms with van der Waals surface area (Å²) in [5.41, 5.74) is 1.76. The standard InChI is InChI=1S/C31H29FN6O4/c1-3-31(2,18-28(39)41-20-21-9-5-4-6-10-21)30(40)35-27-13-15-33-29(34-27)25-17-26(24-14-16-42-37-24)38(36-25)19-22-11-7-8-12-23(22)32/h4-17H,3,18-20H2,1-2H3,(H,33,34,35,40). The van der Waals surface area contributed by atoms with Gasteiger partial charge in [-0.1, -0.05) is 67.5 Å². The fourth-order valence-electron chi connectivity index (χ4n) is 4.28. The Hall–Kier alpha value is -5.19. The van der Waals surface area contributed by atoms with E-state index in [-0.39, 0.29) is 42.9 Å². The fourth-order valence-corrected chi connectivity index (χ4v) is 4.28. The minimum absolute atomic E-state index is 0.0956. The Morgan fingerprint density at radius 1 is 1.05 bits per heavy atom. The molecule has 3 aromatic heterocycles. The number of hydrogen-bond donors (Lipinski definition) is 1. The molecule has 0 radical (unpaired) electrons. The van der Waals surface area contributed by atoms with Crippen molar-refractivity contribution in [3.63, 3.8) is 0 Å². The SMILES string of the molecule is CCC(C)(CC(=O)OCc1ccccc1)C(=O)Nc1ccnc(-c2cc(-c3ccon3)n(Cc3ccccc3F)n2)n1. The van der Waals surface area contributed by atoms with E-state index in [9.17, 15) is 14.0 Å². The molecule has 5 rings (SSSR count). The van der Waals surface area contributed by atoms with Crippen LogP contribution in [0.5, 0.6) is 0 Å². The second-order valence-electron chi connectivity index (χ2n) is 10.0. The lowest BCUT2D eigenvalue weighted by Crippen LogP contribution is -2.35. The van der Waals surface area contributed by atoms with E-state index >= 15 is 0 Å². The van der Waals surface area contributed by atoms with E-state index in [4.69, 9.17) is 9.26 Å². The number of carbonyl (C=O) groups excluding carboxylic acids is 2. The lowest BCUT2D eigenvalue weighted by molar-refractivity contribution is -0.150. The topological polar surface area (TPSA) is 125 Å². The molecule has 1 N–H and O–H groups in total. The van der Waals surface area contributed by atoms with Gasteiger partial charge in [0.2, 0.25) is 5.91 Å². The van der Waals surface area contributed by atoms with Gasteiger partial charge >= 0.3 is 5.97 Å². The number of nitrogens with one attached hydrogen (secondary N) is 1. The molecule has 0 saturated carbocycles. The molecule has 1 atom stereocenters. The molecule has 5 aromatic rings. The molecule has 2 aromatic carbocycles. The van der Waals surface area contributed by atoms with Crippen molar-refractivity contribution in [3.8, 4) is 22.9 Å². The van der Waals surface area contributed by atoms with Gasteiger partial charge in [-0.15, -0.1) is 0 Å². The highest BCUT2D eigenvalue weighted by Gasteiger charge is 2.35. The van der Waals surface area contributed by atoms with Crippen LogP contribution < -0.4 is 5.32 Å². The minimum atomic E-state index is -1.03. The first kappa shape index (κ1) is 28.3. The van der Waals surface area contributed by atoms with Crippen LogP contribution in [0.2, 0.25) is 0 Å². The molecule has 10 nitrogen and oxygen atoms in total. The largest absolute Gasteiger partial charge is 0.461 e. The Bertz CT molecular complexity index is 1670. The van der Waals surface area contributed by atoms with Crippen molar-refractivity contribution in [1.82, 2.24) is 24.9 Å². The maximum Gasteiger partial charge on any atom is 0.307 e. The highest BCUT2D eigenvalue weighted by molar-refractivity contribution is 5.96. The summed E-state index contributed by atoms with van der Waals surface area (Å²) in [4.78, 5) is 34.7. The maximum atomic E-state index is 14.4. The van der Waals surface area contributed by atoms with Crippen molar-refractivity contribution in [2.24, 2.45) is 5.41 Å². The number of nitrogens with zero attached hydrogens (tertiary/aromatic N) is 5. The Kier molecular flexibility index (Phi) is 8.47. The van der Waals surface area contributed by atoms with Crippen LogP contribution in [-0.4, -0.2) is 36.8 Å².